The van der Waals surface area contributed by atoms with Crippen molar-refractivity contribution >= 4 is 17.6 Å². The highest BCUT2D eigenvalue weighted by Crippen LogP contribution is 2.37. The average Bonchev–Trinajstić information content (AvgIpc) is 2.77. The van der Waals surface area contributed by atoms with E-state index >= 15 is 0 Å². The highest BCUT2D eigenvalue weighted by atomic mass is 16.6. The lowest BCUT2D eigenvalue weighted by Gasteiger charge is -2.27. The van der Waals surface area contributed by atoms with Gasteiger partial charge in [-0.2, -0.15) is 0 Å². The fourth-order valence-electron chi connectivity index (χ4n) is 2.81. The number of carbonyl (C=O) groups excluding carboxylic acids is 1. The van der Waals surface area contributed by atoms with Gasteiger partial charge in [0.2, 0.25) is 0 Å². The zero-order valence-corrected chi connectivity index (χ0v) is 12.5. The monoisotopic (exact) mass is 306 g/mol. The van der Waals surface area contributed by atoms with Gasteiger partial charge in [-0.3, -0.25) is 14.9 Å². The molecule has 1 aromatic carbocycles. The van der Waals surface area contributed by atoms with E-state index in [0.717, 1.165) is 37.5 Å². The smallest absolute Gasteiger partial charge is 0.335 e. The van der Waals surface area contributed by atoms with Gasteiger partial charge < -0.3 is 10.4 Å². The Morgan fingerprint density at radius 3 is 2.45 bits per heavy atom. The molecule has 0 radical (unpaired) electrons. The van der Waals surface area contributed by atoms with Crippen LogP contribution in [0.3, 0.4) is 0 Å². The van der Waals surface area contributed by atoms with Crippen LogP contribution in [0, 0.1) is 15.5 Å². The Morgan fingerprint density at radius 1 is 1.32 bits per heavy atom. The molecule has 2 rings (SSSR count). The molecule has 7 nitrogen and oxygen atoms in total. The molecule has 1 aliphatic rings. The Morgan fingerprint density at radius 2 is 1.95 bits per heavy atom. The zero-order valence-electron chi connectivity index (χ0n) is 12.5. The van der Waals surface area contributed by atoms with Crippen LogP contribution in [0.1, 0.15) is 53.8 Å². The van der Waals surface area contributed by atoms with Gasteiger partial charge in [-0.05, 0) is 24.3 Å². The highest BCUT2D eigenvalue weighted by Gasteiger charge is 2.35. The molecule has 0 aromatic heterocycles. The number of nitro benzene ring substituents is 1. The lowest BCUT2D eigenvalue weighted by molar-refractivity contribution is -0.384. The Hall–Kier alpha value is -2.44. The second-order valence-electron chi connectivity index (χ2n) is 6.24. The molecule has 1 aromatic rings. The topological polar surface area (TPSA) is 110 Å². The fraction of sp³-hybridized carbons (Fsp3) is 0.467. The maximum Gasteiger partial charge on any atom is 0.335 e. The van der Waals surface area contributed by atoms with E-state index in [1.807, 2.05) is 0 Å². The summed E-state index contributed by atoms with van der Waals surface area (Å²) in [5.74, 6) is -1.79. The first-order valence-corrected chi connectivity index (χ1v) is 7.04. The van der Waals surface area contributed by atoms with Crippen LogP contribution in [0.4, 0.5) is 5.69 Å². The van der Waals surface area contributed by atoms with E-state index in [2.05, 4.69) is 19.2 Å². The van der Waals surface area contributed by atoms with Gasteiger partial charge in [-0.1, -0.05) is 20.3 Å². The van der Waals surface area contributed by atoms with Gasteiger partial charge >= 0.3 is 5.97 Å². The summed E-state index contributed by atoms with van der Waals surface area (Å²) in [6.45, 7) is 4.11. The van der Waals surface area contributed by atoms with Crippen molar-refractivity contribution in [1.82, 2.24) is 5.32 Å². The number of aromatic carboxylic acids is 1. The first-order chi connectivity index (χ1) is 10.2. The number of nitrogens with zero attached hydrogens (tertiary/aromatic N) is 1. The van der Waals surface area contributed by atoms with Crippen LogP contribution < -0.4 is 5.32 Å². The fourth-order valence-corrected chi connectivity index (χ4v) is 2.81. The molecule has 0 aliphatic heterocycles. The highest BCUT2D eigenvalue weighted by molar-refractivity contribution is 5.98. The number of carboxylic acids is 1. The maximum atomic E-state index is 12.3. The van der Waals surface area contributed by atoms with Gasteiger partial charge in [0, 0.05) is 23.7 Å². The van der Waals surface area contributed by atoms with Crippen LogP contribution in [-0.2, 0) is 0 Å². The number of non-ortho nitro benzene ring substituents is 1. The van der Waals surface area contributed by atoms with E-state index in [4.69, 9.17) is 5.11 Å². The number of benzene rings is 1. The molecule has 0 heterocycles. The summed E-state index contributed by atoms with van der Waals surface area (Å²) in [5.41, 5.74) is -0.721. The van der Waals surface area contributed by atoms with E-state index in [1.165, 1.54) is 0 Å². The average molecular weight is 306 g/mol. The van der Waals surface area contributed by atoms with Crippen LogP contribution in [-0.4, -0.2) is 27.9 Å². The van der Waals surface area contributed by atoms with Crippen molar-refractivity contribution in [1.29, 1.82) is 0 Å². The molecule has 0 saturated heterocycles. The Labute approximate surface area is 127 Å². The van der Waals surface area contributed by atoms with Crippen molar-refractivity contribution in [3.63, 3.8) is 0 Å². The molecule has 1 amide bonds. The molecule has 1 saturated carbocycles. The number of amides is 1. The zero-order chi connectivity index (χ0) is 16.5. The first kappa shape index (κ1) is 15.9. The molecule has 2 N–H and O–H groups in total. The van der Waals surface area contributed by atoms with E-state index in [0.29, 0.717) is 0 Å². The molecule has 0 bridgehead atoms. The van der Waals surface area contributed by atoms with Gasteiger partial charge in [0.25, 0.3) is 11.6 Å². The first-order valence-electron chi connectivity index (χ1n) is 7.04. The number of nitrogens with one attached hydrogen (secondary N) is 1. The summed E-state index contributed by atoms with van der Waals surface area (Å²) in [6, 6.07) is 3.18. The van der Waals surface area contributed by atoms with E-state index < -0.39 is 22.5 Å². The molecule has 1 aliphatic carbocycles. The third-order valence-corrected chi connectivity index (χ3v) is 4.20. The largest absolute Gasteiger partial charge is 0.478 e. The minimum Gasteiger partial charge on any atom is -0.478 e. The second kappa shape index (κ2) is 5.75. The van der Waals surface area contributed by atoms with Crippen molar-refractivity contribution in [2.75, 3.05) is 0 Å². The quantitative estimate of drug-likeness (QED) is 0.656. The summed E-state index contributed by atoms with van der Waals surface area (Å²) < 4.78 is 0. The third kappa shape index (κ3) is 3.24. The van der Waals surface area contributed by atoms with Gasteiger partial charge in [-0.25, -0.2) is 4.79 Å². The Kier molecular flexibility index (Phi) is 4.16. The molecule has 22 heavy (non-hydrogen) atoms. The van der Waals surface area contributed by atoms with Crippen LogP contribution in [0.5, 0.6) is 0 Å². The van der Waals surface area contributed by atoms with Gasteiger partial charge in [-0.15, -0.1) is 0 Å². The lowest BCUT2D eigenvalue weighted by Crippen LogP contribution is -2.41. The van der Waals surface area contributed by atoms with E-state index in [9.17, 15) is 19.7 Å². The Balaban J connectivity index is 2.29. The lowest BCUT2D eigenvalue weighted by atomic mass is 9.87. The summed E-state index contributed by atoms with van der Waals surface area (Å²) in [7, 11) is 0. The SMILES string of the molecule is CC1(C)CCCC1NC(=O)c1cc(C(=O)O)cc([N+](=O)[O-])c1. The third-order valence-electron chi connectivity index (χ3n) is 4.20. The minimum absolute atomic E-state index is 0.00528. The van der Waals surface area contributed by atoms with Gasteiger partial charge in [0.1, 0.15) is 0 Å². The van der Waals surface area contributed by atoms with Crippen LogP contribution in [0.15, 0.2) is 18.2 Å². The molecular formula is C15H18N2O5. The predicted octanol–water partition coefficient (Wildman–Crippen LogP) is 2.60. The van der Waals surface area contributed by atoms with Crippen molar-refractivity contribution < 1.29 is 19.6 Å². The van der Waals surface area contributed by atoms with Crippen molar-refractivity contribution in [3.8, 4) is 0 Å². The number of nitro groups is 1. The maximum absolute atomic E-state index is 12.3. The van der Waals surface area contributed by atoms with Gasteiger partial charge in [0.05, 0.1) is 10.5 Å². The van der Waals surface area contributed by atoms with Crippen molar-refractivity contribution in [2.24, 2.45) is 5.41 Å². The normalized spacial score (nSPS) is 19.6. The molecule has 7 heteroatoms. The molecule has 0 spiro atoms. The van der Waals surface area contributed by atoms with Crippen molar-refractivity contribution in [3.05, 3.63) is 39.4 Å². The number of hydrogen-bond donors (Lipinski definition) is 2. The molecule has 1 unspecified atom stereocenters. The minimum atomic E-state index is -1.31. The van der Waals surface area contributed by atoms with E-state index in [-0.39, 0.29) is 22.6 Å². The summed E-state index contributed by atoms with van der Waals surface area (Å²) in [4.78, 5) is 33.5. The molecular weight excluding hydrogens is 288 g/mol. The number of hydrogen-bond acceptors (Lipinski definition) is 4. The predicted molar refractivity (Wildman–Crippen MR) is 78.9 cm³/mol. The number of rotatable bonds is 4. The summed E-state index contributed by atoms with van der Waals surface area (Å²) in [5, 5.41) is 22.8. The van der Waals surface area contributed by atoms with Crippen LogP contribution in [0.2, 0.25) is 0 Å². The Bertz CT molecular complexity index is 607. The van der Waals surface area contributed by atoms with E-state index in [1.54, 1.807) is 0 Å². The number of carbonyl (C=O) groups is 2. The summed E-state index contributed by atoms with van der Waals surface area (Å²) in [6.07, 6.45) is 2.85. The molecule has 1 atom stereocenters. The standard InChI is InChI=1S/C15H18N2O5/c1-15(2)5-3-4-12(15)16-13(18)9-6-10(14(19)20)8-11(7-9)17(21)22/h6-8,12H,3-5H2,1-2H3,(H,16,18)(H,19,20). The molecule has 1 fully saturated rings. The van der Waals surface area contributed by atoms with Gasteiger partial charge in [0.15, 0.2) is 0 Å². The van der Waals surface area contributed by atoms with Crippen molar-refractivity contribution in [2.45, 2.75) is 39.2 Å². The number of carboxylic acid groups (broad SMARTS) is 1. The van der Waals surface area contributed by atoms with Crippen LogP contribution >= 0.6 is 0 Å². The van der Waals surface area contributed by atoms with Crippen LogP contribution in [0.25, 0.3) is 0 Å². The second-order valence-corrected chi connectivity index (χ2v) is 6.24. The molecule has 118 valence electrons. The summed E-state index contributed by atoms with van der Waals surface area (Å²) >= 11 is 0.